The number of carbonyl (C=O) groups excluding carboxylic acids is 1. The number of allylic oxidation sites excluding steroid dienone is 3. The lowest BCUT2D eigenvalue weighted by Gasteiger charge is -2.41. The maximum atomic E-state index is 11.9. The third-order valence-electron chi connectivity index (χ3n) is 6.87. The molecule has 0 bridgehead atoms. The minimum Gasteiger partial charge on any atom is -0.459 e. The van der Waals surface area contributed by atoms with Crippen molar-refractivity contribution in [2.75, 3.05) is 0 Å². The lowest BCUT2D eigenvalue weighted by Crippen LogP contribution is -2.32. The molecule has 2 saturated carbocycles. The van der Waals surface area contributed by atoms with Crippen LogP contribution in [0.5, 0.6) is 0 Å². The van der Waals surface area contributed by atoms with Gasteiger partial charge in [0.2, 0.25) is 0 Å². The highest BCUT2D eigenvalue weighted by molar-refractivity contribution is 5.89. The molecule has 0 spiro atoms. The summed E-state index contributed by atoms with van der Waals surface area (Å²) < 4.78 is 5.24. The molecular formula is C25H34O2. The summed E-state index contributed by atoms with van der Waals surface area (Å²) in [5, 5.41) is 0. The lowest BCUT2D eigenvalue weighted by molar-refractivity contribution is 0.0378. The third-order valence-corrected chi connectivity index (χ3v) is 6.87. The summed E-state index contributed by atoms with van der Waals surface area (Å²) in [5.41, 5.74) is 4.19. The van der Waals surface area contributed by atoms with Crippen LogP contribution in [0.2, 0.25) is 0 Å². The van der Waals surface area contributed by atoms with E-state index in [9.17, 15) is 4.79 Å². The molecule has 2 fully saturated rings. The van der Waals surface area contributed by atoms with E-state index in [1.165, 1.54) is 31.3 Å². The molecular weight excluding hydrogens is 332 g/mol. The molecule has 1 aromatic carbocycles. The molecule has 0 N–H and O–H groups in total. The summed E-state index contributed by atoms with van der Waals surface area (Å²) in [6, 6.07) is 7.65. The van der Waals surface area contributed by atoms with Crippen molar-refractivity contribution in [2.45, 2.75) is 73.3 Å². The summed E-state index contributed by atoms with van der Waals surface area (Å²) in [6.07, 6.45) is 12.2. The average Bonchev–Trinajstić information content (AvgIpc) is 3.21. The molecule has 0 heterocycles. The molecule has 2 nitrogen and oxygen atoms in total. The van der Waals surface area contributed by atoms with Gasteiger partial charge in [0.15, 0.2) is 0 Å². The van der Waals surface area contributed by atoms with Gasteiger partial charge in [-0.1, -0.05) is 63.1 Å². The van der Waals surface area contributed by atoms with Gasteiger partial charge >= 0.3 is 5.97 Å². The smallest absolute Gasteiger partial charge is 0.338 e. The first-order valence-corrected chi connectivity index (χ1v) is 10.3. The molecule has 146 valence electrons. The Morgan fingerprint density at radius 3 is 2.37 bits per heavy atom. The Hall–Kier alpha value is -1.83. The Morgan fingerprint density at radius 2 is 1.78 bits per heavy atom. The fourth-order valence-electron chi connectivity index (χ4n) is 5.15. The first-order valence-electron chi connectivity index (χ1n) is 10.3. The topological polar surface area (TPSA) is 26.3 Å². The van der Waals surface area contributed by atoms with Crippen LogP contribution in [-0.2, 0) is 4.74 Å². The molecule has 2 aliphatic rings. The van der Waals surface area contributed by atoms with Crippen LogP contribution in [0.4, 0.5) is 0 Å². The van der Waals surface area contributed by atoms with E-state index >= 15 is 0 Å². The minimum absolute atomic E-state index is 0.0963. The van der Waals surface area contributed by atoms with Crippen molar-refractivity contribution in [3.05, 3.63) is 53.1 Å². The van der Waals surface area contributed by atoms with Gasteiger partial charge in [-0.25, -0.2) is 4.79 Å². The fourth-order valence-corrected chi connectivity index (χ4v) is 5.15. The highest BCUT2D eigenvalue weighted by Gasteiger charge is 2.69. The summed E-state index contributed by atoms with van der Waals surface area (Å²) in [6.45, 7) is 13.2. The Morgan fingerprint density at radius 1 is 1.11 bits per heavy atom. The second kappa shape index (κ2) is 6.96. The molecule has 2 unspecified atom stereocenters. The monoisotopic (exact) mass is 366 g/mol. The maximum Gasteiger partial charge on any atom is 0.338 e. The maximum absolute atomic E-state index is 11.9. The lowest BCUT2D eigenvalue weighted by atomic mass is 9.63. The predicted molar refractivity (Wildman–Crippen MR) is 113 cm³/mol. The summed E-state index contributed by atoms with van der Waals surface area (Å²) in [7, 11) is 0. The Labute approximate surface area is 164 Å². The van der Waals surface area contributed by atoms with Crippen molar-refractivity contribution >= 4 is 12.0 Å². The molecule has 3 rings (SSSR count). The molecule has 0 saturated heterocycles. The quantitative estimate of drug-likeness (QED) is 0.422. The van der Waals surface area contributed by atoms with Crippen LogP contribution in [0, 0.1) is 16.2 Å². The van der Waals surface area contributed by atoms with Crippen molar-refractivity contribution in [1.29, 1.82) is 0 Å². The van der Waals surface area contributed by atoms with Crippen molar-refractivity contribution < 1.29 is 9.53 Å². The zero-order chi connectivity index (χ0) is 19.9. The number of hydrogen-bond acceptors (Lipinski definition) is 2. The molecule has 0 amide bonds. The molecule has 0 aromatic heterocycles. The van der Waals surface area contributed by atoms with Crippen LogP contribution >= 0.6 is 0 Å². The fraction of sp³-hybridized carbons (Fsp3) is 0.560. The normalized spacial score (nSPS) is 29.7. The molecule has 0 radical (unpaired) electrons. The summed E-state index contributed by atoms with van der Waals surface area (Å²) >= 11 is 0. The Balaban J connectivity index is 1.71. The van der Waals surface area contributed by atoms with Gasteiger partial charge in [0.1, 0.15) is 0 Å². The Kier molecular flexibility index (Phi) is 5.14. The summed E-state index contributed by atoms with van der Waals surface area (Å²) in [4.78, 5) is 11.9. The number of rotatable bonds is 5. The van der Waals surface area contributed by atoms with E-state index in [1.807, 2.05) is 38.1 Å². The number of fused-ring (bicyclic) bond motifs is 1. The highest BCUT2D eigenvalue weighted by atomic mass is 16.5. The van der Waals surface area contributed by atoms with Gasteiger partial charge in [0.05, 0.1) is 11.7 Å². The summed E-state index contributed by atoms with van der Waals surface area (Å²) in [5.74, 6) is -0.260. The Bertz CT molecular complexity index is 766. The molecule has 0 aliphatic heterocycles. The van der Waals surface area contributed by atoms with Gasteiger partial charge in [-0.2, -0.15) is 0 Å². The first kappa shape index (κ1) is 19.9. The van der Waals surface area contributed by atoms with Gasteiger partial charge in [-0.05, 0) is 74.0 Å². The van der Waals surface area contributed by atoms with E-state index in [0.29, 0.717) is 21.8 Å². The average molecular weight is 367 g/mol. The van der Waals surface area contributed by atoms with Gasteiger partial charge in [-0.3, -0.25) is 0 Å². The number of ether oxygens (including phenoxy) is 1. The number of hydrogen-bond donors (Lipinski definition) is 0. The number of esters is 1. The third kappa shape index (κ3) is 3.77. The van der Waals surface area contributed by atoms with Crippen LogP contribution in [-0.4, -0.2) is 12.1 Å². The van der Waals surface area contributed by atoms with E-state index < -0.39 is 0 Å². The number of benzene rings is 1. The second-order valence-electron chi connectivity index (χ2n) is 9.74. The molecule has 27 heavy (non-hydrogen) atoms. The van der Waals surface area contributed by atoms with Crippen LogP contribution in [0.3, 0.4) is 0 Å². The number of carbonyl (C=O) groups is 1. The first-order chi connectivity index (χ1) is 12.6. The van der Waals surface area contributed by atoms with Gasteiger partial charge in [-0.15, -0.1) is 0 Å². The van der Waals surface area contributed by atoms with E-state index in [1.54, 1.807) is 0 Å². The molecule has 2 heteroatoms. The minimum atomic E-state index is -0.260. The second-order valence-corrected chi connectivity index (χ2v) is 9.74. The largest absolute Gasteiger partial charge is 0.459 e. The van der Waals surface area contributed by atoms with Crippen LogP contribution in [0.1, 0.15) is 83.1 Å². The van der Waals surface area contributed by atoms with E-state index in [-0.39, 0.29) is 12.1 Å². The van der Waals surface area contributed by atoms with Crippen molar-refractivity contribution in [1.82, 2.24) is 0 Å². The van der Waals surface area contributed by atoms with E-state index in [0.717, 1.165) is 5.56 Å². The SMILES string of the molecule is C/C(C=CC12CC1(C)CCCC2(C)C)=C\c1ccc(C(=O)OC(C)C)cc1. The van der Waals surface area contributed by atoms with Crippen molar-refractivity contribution in [3.63, 3.8) is 0 Å². The van der Waals surface area contributed by atoms with Gasteiger partial charge < -0.3 is 4.74 Å². The van der Waals surface area contributed by atoms with Gasteiger partial charge in [0, 0.05) is 0 Å². The van der Waals surface area contributed by atoms with Crippen LogP contribution < -0.4 is 0 Å². The standard InChI is InChI=1S/C25H34O2/c1-18(2)27-22(26)21-10-8-20(9-11-21)16-19(3)12-15-25-17-24(25,6)14-7-13-23(25,4)5/h8-12,15-16,18H,7,13-14,17H2,1-6H3/b15-12?,19-16+. The van der Waals surface area contributed by atoms with Crippen molar-refractivity contribution in [3.8, 4) is 0 Å². The molecule has 2 atom stereocenters. The van der Waals surface area contributed by atoms with E-state index in [4.69, 9.17) is 4.74 Å². The zero-order valence-corrected chi connectivity index (χ0v) is 17.8. The van der Waals surface area contributed by atoms with Gasteiger partial charge in [0.25, 0.3) is 0 Å². The van der Waals surface area contributed by atoms with E-state index in [2.05, 4.69) is 45.9 Å². The predicted octanol–water partition coefficient (Wildman–Crippen LogP) is 6.82. The van der Waals surface area contributed by atoms with Crippen LogP contribution in [0.15, 0.2) is 42.0 Å². The van der Waals surface area contributed by atoms with Crippen molar-refractivity contribution in [2.24, 2.45) is 16.2 Å². The molecule has 2 aliphatic carbocycles. The molecule has 1 aromatic rings. The van der Waals surface area contributed by atoms with Crippen LogP contribution in [0.25, 0.3) is 6.08 Å². The highest BCUT2D eigenvalue weighted by Crippen LogP contribution is 2.78. The zero-order valence-electron chi connectivity index (χ0n) is 17.8.